The second-order valence-electron chi connectivity index (χ2n) is 3.58. The first-order valence-corrected chi connectivity index (χ1v) is 6.95. The van der Waals surface area contributed by atoms with E-state index in [2.05, 4.69) is 4.98 Å². The van der Waals surface area contributed by atoms with E-state index >= 15 is 0 Å². The van der Waals surface area contributed by atoms with Gasteiger partial charge in [-0.15, -0.1) is 0 Å². The summed E-state index contributed by atoms with van der Waals surface area (Å²) in [6, 6.07) is 4.53. The van der Waals surface area contributed by atoms with Crippen LogP contribution in [-0.4, -0.2) is 32.1 Å². The summed E-state index contributed by atoms with van der Waals surface area (Å²) in [6.07, 6.45) is 1.75. The lowest BCUT2D eigenvalue weighted by Crippen LogP contribution is -2.31. The third-order valence-corrected chi connectivity index (χ3v) is 3.24. The van der Waals surface area contributed by atoms with Crippen molar-refractivity contribution in [3.8, 4) is 0 Å². The molecular weight excluding hydrogens is 242 g/mol. The number of hydrogen-bond donors (Lipinski definition) is 1. The number of sulfonamides is 1. The van der Waals surface area contributed by atoms with Crippen molar-refractivity contribution in [3.63, 3.8) is 0 Å². The van der Waals surface area contributed by atoms with Gasteiger partial charge in [0.2, 0.25) is 10.0 Å². The Balaban J connectivity index is 3.19. The molecule has 0 atom stereocenters. The van der Waals surface area contributed by atoms with Crippen molar-refractivity contribution in [2.45, 2.75) is 13.3 Å². The van der Waals surface area contributed by atoms with Gasteiger partial charge >= 0.3 is 0 Å². The fraction of sp³-hybridized carbons (Fsp3) is 0.400. The Morgan fingerprint density at radius 2 is 2.12 bits per heavy atom. The van der Waals surface area contributed by atoms with Gasteiger partial charge in [-0.05, 0) is 18.6 Å². The average Bonchev–Trinajstić information content (AvgIpc) is 2.24. The minimum Gasteiger partial charge on any atom is -0.364 e. The highest BCUT2D eigenvalue weighted by atomic mass is 32.2. The van der Waals surface area contributed by atoms with Crippen molar-refractivity contribution >= 4 is 21.7 Å². The molecule has 0 aliphatic heterocycles. The zero-order valence-electron chi connectivity index (χ0n) is 9.75. The van der Waals surface area contributed by atoms with Crippen molar-refractivity contribution in [3.05, 3.63) is 23.9 Å². The summed E-state index contributed by atoms with van der Waals surface area (Å²) >= 11 is 0. The van der Waals surface area contributed by atoms with Gasteiger partial charge in [0.25, 0.3) is 5.91 Å². The smallest absolute Gasteiger partial charge is 0.267 e. The largest absolute Gasteiger partial charge is 0.364 e. The monoisotopic (exact) mass is 257 g/mol. The van der Waals surface area contributed by atoms with Crippen LogP contribution < -0.4 is 10.0 Å². The third kappa shape index (κ3) is 3.42. The fourth-order valence-corrected chi connectivity index (χ4v) is 2.31. The molecule has 2 N–H and O–H groups in total. The summed E-state index contributed by atoms with van der Waals surface area (Å²) in [6.45, 7) is 2.17. The molecule has 0 radical (unpaired) electrons. The van der Waals surface area contributed by atoms with Crippen LogP contribution in [0.3, 0.4) is 0 Å². The summed E-state index contributed by atoms with van der Waals surface area (Å²) in [5.74, 6) is -0.470. The number of carbonyl (C=O) groups excluding carboxylic acids is 1. The second kappa shape index (κ2) is 5.13. The molecule has 0 saturated carbocycles. The molecule has 17 heavy (non-hydrogen) atoms. The van der Waals surface area contributed by atoms with E-state index in [1.165, 1.54) is 12.1 Å². The number of anilines is 1. The lowest BCUT2D eigenvalue weighted by molar-refractivity contribution is 0.0995. The number of nitrogens with zero attached hydrogens (tertiary/aromatic N) is 2. The van der Waals surface area contributed by atoms with Gasteiger partial charge in [-0.1, -0.05) is 13.0 Å². The van der Waals surface area contributed by atoms with Crippen LogP contribution in [0.15, 0.2) is 18.2 Å². The maximum Gasteiger partial charge on any atom is 0.267 e. The van der Waals surface area contributed by atoms with E-state index in [9.17, 15) is 13.2 Å². The Bertz CT molecular complexity index is 513. The molecule has 94 valence electrons. The highest BCUT2D eigenvalue weighted by Gasteiger charge is 2.18. The SMILES string of the molecule is CCCN(c1cccc(C(N)=O)n1)S(C)(=O)=O. The van der Waals surface area contributed by atoms with Crippen molar-refractivity contribution < 1.29 is 13.2 Å². The van der Waals surface area contributed by atoms with Crippen LogP contribution >= 0.6 is 0 Å². The Kier molecular flexibility index (Phi) is 4.06. The average molecular weight is 257 g/mol. The number of pyridine rings is 1. The summed E-state index contributed by atoms with van der Waals surface area (Å²) in [7, 11) is -3.40. The molecule has 0 saturated heterocycles. The lowest BCUT2D eigenvalue weighted by Gasteiger charge is -2.20. The van der Waals surface area contributed by atoms with E-state index in [-0.39, 0.29) is 11.5 Å². The van der Waals surface area contributed by atoms with Crippen molar-refractivity contribution in [1.29, 1.82) is 0 Å². The van der Waals surface area contributed by atoms with Gasteiger partial charge in [0.1, 0.15) is 11.5 Å². The first-order valence-electron chi connectivity index (χ1n) is 5.11. The van der Waals surface area contributed by atoms with Crippen molar-refractivity contribution in [2.24, 2.45) is 5.73 Å². The zero-order valence-corrected chi connectivity index (χ0v) is 10.6. The van der Waals surface area contributed by atoms with Gasteiger partial charge in [-0.2, -0.15) is 0 Å². The first kappa shape index (κ1) is 13.4. The molecule has 0 aliphatic carbocycles. The van der Waals surface area contributed by atoms with E-state index in [1.54, 1.807) is 6.07 Å². The van der Waals surface area contributed by atoms with Crippen LogP contribution in [0.1, 0.15) is 23.8 Å². The lowest BCUT2D eigenvalue weighted by atomic mass is 10.3. The van der Waals surface area contributed by atoms with Crippen LogP contribution in [0.4, 0.5) is 5.82 Å². The van der Waals surface area contributed by atoms with Crippen LogP contribution in [0.25, 0.3) is 0 Å². The van der Waals surface area contributed by atoms with Crippen molar-refractivity contribution in [1.82, 2.24) is 4.98 Å². The quantitative estimate of drug-likeness (QED) is 0.824. The maximum absolute atomic E-state index is 11.6. The fourth-order valence-electron chi connectivity index (χ4n) is 1.35. The van der Waals surface area contributed by atoms with Gasteiger partial charge in [0.15, 0.2) is 0 Å². The number of amides is 1. The maximum atomic E-state index is 11.6. The molecule has 0 aromatic carbocycles. The zero-order chi connectivity index (χ0) is 13.1. The number of carbonyl (C=O) groups is 1. The number of rotatable bonds is 5. The van der Waals surface area contributed by atoms with Crippen LogP contribution in [0.5, 0.6) is 0 Å². The molecule has 0 unspecified atom stereocenters. The minimum atomic E-state index is -3.40. The minimum absolute atomic E-state index is 0.0484. The number of primary amides is 1. The van der Waals surface area contributed by atoms with Gasteiger partial charge in [-0.25, -0.2) is 13.4 Å². The molecule has 0 fully saturated rings. The van der Waals surface area contributed by atoms with Crippen molar-refractivity contribution in [2.75, 3.05) is 17.1 Å². The summed E-state index contributed by atoms with van der Waals surface area (Å²) in [5, 5.41) is 0. The Morgan fingerprint density at radius 1 is 1.47 bits per heavy atom. The van der Waals surface area contributed by atoms with Gasteiger partial charge in [-0.3, -0.25) is 9.10 Å². The predicted molar refractivity (Wildman–Crippen MR) is 65.2 cm³/mol. The van der Waals surface area contributed by atoms with Crippen LogP contribution in [0, 0.1) is 0 Å². The van der Waals surface area contributed by atoms with E-state index in [4.69, 9.17) is 5.73 Å². The molecule has 1 heterocycles. The third-order valence-electron chi connectivity index (χ3n) is 2.07. The van der Waals surface area contributed by atoms with E-state index < -0.39 is 15.9 Å². The summed E-state index contributed by atoms with van der Waals surface area (Å²) < 4.78 is 24.3. The molecule has 1 rings (SSSR count). The Morgan fingerprint density at radius 3 is 2.59 bits per heavy atom. The van der Waals surface area contributed by atoms with Gasteiger partial charge < -0.3 is 5.73 Å². The highest BCUT2D eigenvalue weighted by Crippen LogP contribution is 2.15. The highest BCUT2D eigenvalue weighted by molar-refractivity contribution is 7.92. The predicted octanol–water partition coefficient (Wildman–Crippen LogP) is 0.357. The van der Waals surface area contributed by atoms with Gasteiger partial charge in [0, 0.05) is 6.54 Å². The summed E-state index contributed by atoms with van der Waals surface area (Å²) in [4.78, 5) is 14.9. The van der Waals surface area contributed by atoms with Gasteiger partial charge in [0.05, 0.1) is 6.26 Å². The molecule has 0 aliphatic rings. The molecule has 1 aromatic heterocycles. The molecule has 0 bridgehead atoms. The molecule has 1 amide bonds. The first-order chi connectivity index (χ1) is 7.86. The number of aromatic nitrogens is 1. The Hall–Kier alpha value is -1.63. The second-order valence-corrected chi connectivity index (χ2v) is 5.49. The van der Waals surface area contributed by atoms with E-state index in [0.717, 1.165) is 10.6 Å². The normalized spacial score (nSPS) is 11.2. The number of nitrogens with two attached hydrogens (primary N) is 1. The van der Waals surface area contributed by atoms with Crippen LogP contribution in [-0.2, 0) is 10.0 Å². The standard InChI is InChI=1S/C10H15N3O3S/c1-3-7-13(17(2,15)16)9-6-4-5-8(12-9)10(11)14/h4-6H,3,7H2,1-2H3,(H2,11,14). The van der Waals surface area contributed by atoms with E-state index in [1.807, 2.05) is 6.92 Å². The van der Waals surface area contributed by atoms with E-state index in [0.29, 0.717) is 13.0 Å². The Labute approximate surface area is 100 Å². The molecule has 1 aromatic rings. The van der Waals surface area contributed by atoms with Crippen LogP contribution in [0.2, 0.25) is 0 Å². The topological polar surface area (TPSA) is 93.4 Å². The molecule has 6 nitrogen and oxygen atoms in total. The molecule has 7 heteroatoms. The summed E-state index contributed by atoms with van der Waals surface area (Å²) in [5.41, 5.74) is 5.14. The number of hydrogen-bond acceptors (Lipinski definition) is 4. The molecular formula is C10H15N3O3S. The molecule has 0 spiro atoms.